The van der Waals surface area contributed by atoms with E-state index in [-0.39, 0.29) is 10.8 Å². The quantitative estimate of drug-likeness (QED) is 0.609. The molecule has 4 rings (SSSR count). The van der Waals surface area contributed by atoms with Gasteiger partial charge in [-0.15, -0.1) is 0 Å². The Labute approximate surface area is 190 Å². The molecule has 0 spiro atoms. The highest BCUT2D eigenvalue weighted by Gasteiger charge is 2.34. The van der Waals surface area contributed by atoms with Gasteiger partial charge in [-0.25, -0.2) is 8.42 Å². The zero-order chi connectivity index (χ0) is 22.7. The molecule has 172 valence electrons. The van der Waals surface area contributed by atoms with E-state index in [0.29, 0.717) is 44.5 Å². The van der Waals surface area contributed by atoms with E-state index in [9.17, 15) is 13.2 Å². The summed E-state index contributed by atoms with van der Waals surface area (Å²) in [5, 5.41) is 0. The summed E-state index contributed by atoms with van der Waals surface area (Å²) >= 11 is 0. The van der Waals surface area contributed by atoms with Crippen LogP contribution in [-0.2, 0) is 21.4 Å². The van der Waals surface area contributed by atoms with Crippen LogP contribution in [0, 0.1) is 6.92 Å². The van der Waals surface area contributed by atoms with Gasteiger partial charge in [0.1, 0.15) is 5.75 Å². The SMILES string of the molecule is COc1ccc(S(=O)(=O)N2CCN(C(=O)CN(Cc3ccc(C)cc3)C3CC3)CC2)cc1. The van der Waals surface area contributed by atoms with Crippen LogP contribution in [0.25, 0.3) is 0 Å². The minimum atomic E-state index is -3.58. The molecule has 0 unspecified atom stereocenters. The van der Waals surface area contributed by atoms with Gasteiger partial charge < -0.3 is 9.64 Å². The predicted molar refractivity (Wildman–Crippen MR) is 123 cm³/mol. The van der Waals surface area contributed by atoms with Crippen molar-refractivity contribution in [2.75, 3.05) is 39.8 Å². The molecular formula is C24H31N3O4S. The second-order valence-corrected chi connectivity index (χ2v) is 10.5. The number of aryl methyl sites for hydroxylation is 1. The Morgan fingerprint density at radius 1 is 1.00 bits per heavy atom. The first-order valence-corrected chi connectivity index (χ1v) is 12.5. The Balaban J connectivity index is 1.33. The number of carbonyl (C=O) groups is 1. The average Bonchev–Trinajstić information content (AvgIpc) is 3.65. The summed E-state index contributed by atoms with van der Waals surface area (Å²) < 4.78 is 32.4. The summed E-state index contributed by atoms with van der Waals surface area (Å²) in [6.45, 7) is 4.66. The maximum Gasteiger partial charge on any atom is 0.243 e. The number of hydrogen-bond acceptors (Lipinski definition) is 5. The molecule has 1 aliphatic heterocycles. The van der Waals surface area contributed by atoms with Crippen LogP contribution in [0.15, 0.2) is 53.4 Å². The topological polar surface area (TPSA) is 70.2 Å². The van der Waals surface area contributed by atoms with Crippen molar-refractivity contribution in [1.82, 2.24) is 14.1 Å². The summed E-state index contributed by atoms with van der Waals surface area (Å²) in [7, 11) is -2.03. The average molecular weight is 458 g/mol. The van der Waals surface area contributed by atoms with Gasteiger partial charge in [-0.2, -0.15) is 4.31 Å². The number of sulfonamides is 1. The monoisotopic (exact) mass is 457 g/mol. The Kier molecular flexibility index (Phi) is 6.83. The van der Waals surface area contributed by atoms with Gasteiger partial charge in [0.05, 0.1) is 18.6 Å². The van der Waals surface area contributed by atoms with Crippen LogP contribution in [0.1, 0.15) is 24.0 Å². The molecule has 2 fully saturated rings. The van der Waals surface area contributed by atoms with E-state index < -0.39 is 10.0 Å². The van der Waals surface area contributed by atoms with Gasteiger partial charge in [0.15, 0.2) is 0 Å². The van der Waals surface area contributed by atoms with E-state index in [1.54, 1.807) is 36.3 Å². The Morgan fingerprint density at radius 3 is 2.19 bits per heavy atom. The molecule has 2 aromatic carbocycles. The largest absolute Gasteiger partial charge is 0.497 e. The molecule has 1 saturated carbocycles. The predicted octanol–water partition coefficient (Wildman–Crippen LogP) is 2.50. The molecule has 2 aromatic rings. The lowest BCUT2D eigenvalue weighted by Gasteiger charge is -2.35. The summed E-state index contributed by atoms with van der Waals surface area (Å²) in [5.74, 6) is 0.690. The minimum Gasteiger partial charge on any atom is -0.497 e. The summed E-state index contributed by atoms with van der Waals surface area (Å²) in [5.41, 5.74) is 2.44. The van der Waals surface area contributed by atoms with Crippen LogP contribution in [0.3, 0.4) is 0 Å². The normalized spacial score (nSPS) is 17.5. The van der Waals surface area contributed by atoms with E-state index in [1.807, 2.05) is 0 Å². The molecule has 0 bridgehead atoms. The van der Waals surface area contributed by atoms with Crippen molar-refractivity contribution in [2.45, 2.75) is 37.2 Å². The van der Waals surface area contributed by atoms with E-state index in [4.69, 9.17) is 4.74 Å². The van der Waals surface area contributed by atoms with Crippen LogP contribution in [0.4, 0.5) is 0 Å². The smallest absolute Gasteiger partial charge is 0.243 e. The van der Waals surface area contributed by atoms with Crippen LogP contribution >= 0.6 is 0 Å². The van der Waals surface area contributed by atoms with Gasteiger partial charge in [0.2, 0.25) is 15.9 Å². The van der Waals surface area contributed by atoms with Crippen molar-refractivity contribution in [2.24, 2.45) is 0 Å². The lowest BCUT2D eigenvalue weighted by atomic mass is 10.1. The molecule has 1 heterocycles. The highest BCUT2D eigenvalue weighted by atomic mass is 32.2. The van der Waals surface area contributed by atoms with Crippen molar-refractivity contribution in [3.05, 3.63) is 59.7 Å². The van der Waals surface area contributed by atoms with Gasteiger partial charge >= 0.3 is 0 Å². The number of amides is 1. The van der Waals surface area contributed by atoms with Crippen molar-refractivity contribution >= 4 is 15.9 Å². The third-order valence-electron chi connectivity index (χ3n) is 6.20. The zero-order valence-electron chi connectivity index (χ0n) is 18.7. The molecule has 8 heteroatoms. The maximum atomic E-state index is 13.0. The second kappa shape index (κ2) is 9.60. The highest BCUT2D eigenvalue weighted by Crippen LogP contribution is 2.28. The minimum absolute atomic E-state index is 0.0745. The molecule has 7 nitrogen and oxygen atoms in total. The van der Waals surface area contributed by atoms with Gasteiger partial charge in [-0.1, -0.05) is 29.8 Å². The zero-order valence-corrected chi connectivity index (χ0v) is 19.6. The molecule has 1 amide bonds. The number of rotatable bonds is 8. The third-order valence-corrected chi connectivity index (χ3v) is 8.11. The summed E-state index contributed by atoms with van der Waals surface area (Å²) in [6, 6.07) is 15.3. The first-order chi connectivity index (χ1) is 15.4. The molecule has 2 aliphatic rings. The summed E-state index contributed by atoms with van der Waals surface area (Å²) in [4.78, 5) is 17.3. The molecule has 32 heavy (non-hydrogen) atoms. The Hall–Kier alpha value is -2.42. The van der Waals surface area contributed by atoms with Crippen LogP contribution in [-0.4, -0.2) is 74.3 Å². The number of methoxy groups -OCH3 is 1. The Morgan fingerprint density at radius 2 is 1.62 bits per heavy atom. The third kappa shape index (κ3) is 5.31. The van der Waals surface area contributed by atoms with Gasteiger partial charge in [-0.05, 0) is 49.6 Å². The van der Waals surface area contributed by atoms with Crippen LogP contribution in [0.2, 0.25) is 0 Å². The number of hydrogen-bond donors (Lipinski definition) is 0. The number of nitrogens with zero attached hydrogens (tertiary/aromatic N) is 3. The molecule has 0 atom stereocenters. The van der Waals surface area contributed by atoms with Gasteiger partial charge in [0.25, 0.3) is 0 Å². The first-order valence-electron chi connectivity index (χ1n) is 11.1. The number of benzene rings is 2. The van der Waals surface area contributed by atoms with Gasteiger partial charge in [-0.3, -0.25) is 9.69 Å². The maximum absolute atomic E-state index is 13.0. The van der Waals surface area contributed by atoms with E-state index in [0.717, 1.165) is 19.4 Å². The molecule has 0 N–H and O–H groups in total. The lowest BCUT2D eigenvalue weighted by Crippen LogP contribution is -2.52. The van der Waals surface area contributed by atoms with E-state index in [2.05, 4.69) is 36.1 Å². The van der Waals surface area contributed by atoms with Gasteiger partial charge in [0, 0.05) is 38.8 Å². The lowest BCUT2D eigenvalue weighted by molar-refractivity contribution is -0.133. The van der Waals surface area contributed by atoms with Crippen molar-refractivity contribution in [3.8, 4) is 5.75 Å². The van der Waals surface area contributed by atoms with Crippen LogP contribution in [0.5, 0.6) is 5.75 Å². The summed E-state index contributed by atoms with van der Waals surface area (Å²) in [6.07, 6.45) is 2.26. The number of piperazine rings is 1. The fourth-order valence-electron chi connectivity index (χ4n) is 4.03. The van der Waals surface area contributed by atoms with Crippen molar-refractivity contribution in [1.29, 1.82) is 0 Å². The molecular weight excluding hydrogens is 426 g/mol. The molecule has 1 saturated heterocycles. The molecule has 0 radical (unpaired) electrons. The first kappa shape index (κ1) is 22.8. The second-order valence-electron chi connectivity index (χ2n) is 8.58. The van der Waals surface area contributed by atoms with Crippen molar-refractivity contribution < 1.29 is 17.9 Å². The number of carbonyl (C=O) groups excluding carboxylic acids is 1. The standard InChI is InChI=1S/C24H31N3O4S/c1-19-3-5-20(6-4-19)17-26(21-7-8-21)18-24(28)25-13-15-27(16-14-25)32(29,30)23-11-9-22(31-2)10-12-23/h3-6,9-12,21H,7-8,13-18H2,1-2H3. The Bertz CT molecular complexity index is 1030. The molecule has 0 aromatic heterocycles. The highest BCUT2D eigenvalue weighted by molar-refractivity contribution is 7.89. The number of ether oxygens (including phenoxy) is 1. The van der Waals surface area contributed by atoms with E-state index >= 15 is 0 Å². The van der Waals surface area contributed by atoms with Crippen LogP contribution < -0.4 is 4.74 Å². The fraction of sp³-hybridized carbons (Fsp3) is 0.458. The molecule has 1 aliphatic carbocycles. The fourth-order valence-corrected chi connectivity index (χ4v) is 5.45. The van der Waals surface area contributed by atoms with E-state index in [1.165, 1.54) is 15.4 Å². The van der Waals surface area contributed by atoms with Crippen molar-refractivity contribution in [3.63, 3.8) is 0 Å².